The Bertz CT molecular complexity index is 1180. The summed E-state index contributed by atoms with van der Waals surface area (Å²) in [6.45, 7) is 1.10. The lowest BCUT2D eigenvalue weighted by molar-refractivity contribution is -0.137. The van der Waals surface area contributed by atoms with Crippen LogP contribution in [0.4, 0.5) is 13.2 Å². The van der Waals surface area contributed by atoms with Gasteiger partial charge in [0.15, 0.2) is 5.78 Å². The van der Waals surface area contributed by atoms with Gasteiger partial charge in [0.05, 0.1) is 10.6 Å². The monoisotopic (exact) mass is 518 g/mol. The van der Waals surface area contributed by atoms with Crippen LogP contribution in [-0.2, 0) is 6.18 Å². The number of hydrogen-bond donors (Lipinski definition) is 1. The van der Waals surface area contributed by atoms with Crippen LogP contribution in [0.15, 0.2) is 53.9 Å². The number of amides is 1. The number of piperidine rings is 1. The Morgan fingerprint density at radius 2 is 1.74 bits per heavy atom. The molecule has 2 aromatic carbocycles. The molecule has 0 saturated carbocycles. The van der Waals surface area contributed by atoms with Crippen molar-refractivity contribution in [2.75, 3.05) is 18.8 Å². The summed E-state index contributed by atoms with van der Waals surface area (Å²) in [4.78, 5) is 31.9. The normalized spacial score (nSPS) is 14.8. The summed E-state index contributed by atoms with van der Waals surface area (Å²) < 4.78 is 38.8. The number of Topliss-reactive ketones (excluding diaryl/α,β-unsaturated/α-hetero) is 1. The van der Waals surface area contributed by atoms with Gasteiger partial charge in [0.1, 0.15) is 5.69 Å². The number of aromatic nitrogens is 1. The number of nitrogens with zero attached hydrogens (tertiary/aromatic N) is 2. The Labute approximate surface area is 211 Å². The third kappa shape index (κ3) is 5.95. The van der Waals surface area contributed by atoms with E-state index < -0.39 is 11.7 Å². The second kappa shape index (κ2) is 11.0. The molecule has 4 rings (SSSR count). The third-order valence-electron chi connectivity index (χ3n) is 6.18. The summed E-state index contributed by atoms with van der Waals surface area (Å²) in [5, 5.41) is 2.74. The average Bonchev–Trinajstić information content (AvgIpc) is 3.37. The summed E-state index contributed by atoms with van der Waals surface area (Å²) in [6, 6.07) is 11.9. The van der Waals surface area contributed by atoms with Gasteiger partial charge < -0.3 is 4.90 Å². The van der Waals surface area contributed by atoms with Crippen LogP contribution in [0.1, 0.15) is 63.0 Å². The minimum atomic E-state index is -4.41. The number of thiol groups is 1. The Balaban J connectivity index is 1.43. The Morgan fingerprint density at radius 1 is 1.06 bits per heavy atom. The number of alkyl halides is 3. The van der Waals surface area contributed by atoms with Crippen molar-refractivity contribution in [1.29, 1.82) is 0 Å². The number of ketones is 1. The van der Waals surface area contributed by atoms with Crippen LogP contribution in [0.5, 0.6) is 0 Å². The highest BCUT2D eigenvalue weighted by Gasteiger charge is 2.31. The Kier molecular flexibility index (Phi) is 7.96. The van der Waals surface area contributed by atoms with Gasteiger partial charge in [0.2, 0.25) is 0 Å². The number of thiazole rings is 1. The zero-order valence-electron chi connectivity index (χ0n) is 18.9. The first-order chi connectivity index (χ1) is 16.8. The van der Waals surface area contributed by atoms with E-state index >= 15 is 0 Å². The van der Waals surface area contributed by atoms with E-state index in [1.165, 1.54) is 23.5 Å². The van der Waals surface area contributed by atoms with E-state index in [4.69, 9.17) is 0 Å². The average molecular weight is 519 g/mol. The molecule has 0 spiro atoms. The molecule has 0 aliphatic carbocycles. The van der Waals surface area contributed by atoms with E-state index in [1.54, 1.807) is 29.2 Å². The summed E-state index contributed by atoms with van der Waals surface area (Å²) in [5.74, 6) is 0.757. The molecule has 1 aromatic heterocycles. The Morgan fingerprint density at radius 3 is 2.40 bits per heavy atom. The molecule has 0 radical (unpaired) electrons. The highest BCUT2D eigenvalue weighted by Crippen LogP contribution is 2.34. The first-order valence-corrected chi connectivity index (χ1v) is 12.9. The van der Waals surface area contributed by atoms with Crippen LogP contribution in [0.25, 0.3) is 11.1 Å². The smallest absolute Gasteiger partial charge is 0.339 e. The van der Waals surface area contributed by atoms with E-state index in [2.05, 4.69) is 17.6 Å². The van der Waals surface area contributed by atoms with Crippen molar-refractivity contribution >= 4 is 35.7 Å². The number of carbonyl (C=O) groups is 2. The predicted octanol–water partition coefficient (Wildman–Crippen LogP) is 6.74. The zero-order valence-corrected chi connectivity index (χ0v) is 20.6. The lowest BCUT2D eigenvalue weighted by atomic mass is 9.94. The molecular weight excluding hydrogens is 493 g/mol. The lowest BCUT2D eigenvalue weighted by Crippen LogP contribution is -2.38. The highest BCUT2D eigenvalue weighted by molar-refractivity contribution is 7.80. The third-order valence-corrected chi connectivity index (χ3v) is 7.51. The van der Waals surface area contributed by atoms with Crippen LogP contribution in [0.2, 0.25) is 0 Å². The molecule has 2 heterocycles. The van der Waals surface area contributed by atoms with Crippen molar-refractivity contribution in [2.45, 2.75) is 37.8 Å². The molecule has 1 aliphatic rings. The van der Waals surface area contributed by atoms with Crippen molar-refractivity contribution in [1.82, 2.24) is 9.88 Å². The highest BCUT2D eigenvalue weighted by atomic mass is 32.1. The van der Waals surface area contributed by atoms with E-state index in [1.807, 2.05) is 5.38 Å². The van der Waals surface area contributed by atoms with E-state index in [9.17, 15) is 22.8 Å². The fraction of sp³-hybridized carbons (Fsp3) is 0.346. The largest absolute Gasteiger partial charge is 0.416 e. The van der Waals surface area contributed by atoms with Gasteiger partial charge in [-0.25, -0.2) is 4.98 Å². The fourth-order valence-electron chi connectivity index (χ4n) is 4.23. The van der Waals surface area contributed by atoms with Crippen molar-refractivity contribution in [2.24, 2.45) is 0 Å². The van der Waals surface area contributed by atoms with Gasteiger partial charge in [-0.1, -0.05) is 30.3 Å². The van der Waals surface area contributed by atoms with E-state index in [-0.39, 0.29) is 17.6 Å². The maximum Gasteiger partial charge on any atom is 0.416 e. The second-order valence-corrected chi connectivity index (χ2v) is 9.85. The van der Waals surface area contributed by atoms with E-state index in [0.717, 1.165) is 36.4 Å². The second-order valence-electron chi connectivity index (χ2n) is 8.51. The minimum Gasteiger partial charge on any atom is -0.339 e. The number of rotatable bonds is 7. The maximum atomic E-state index is 13.3. The number of likely N-dealkylation sites (tertiary alicyclic amines) is 1. The number of hydrogen-bond acceptors (Lipinski definition) is 5. The van der Waals surface area contributed by atoms with Crippen molar-refractivity contribution in [3.63, 3.8) is 0 Å². The summed E-state index contributed by atoms with van der Waals surface area (Å²) in [7, 11) is 0. The van der Waals surface area contributed by atoms with Crippen LogP contribution in [0, 0.1) is 0 Å². The zero-order chi connectivity index (χ0) is 25.0. The fourth-order valence-corrected chi connectivity index (χ4v) is 5.38. The van der Waals surface area contributed by atoms with Gasteiger partial charge in [-0.2, -0.15) is 25.8 Å². The van der Waals surface area contributed by atoms with Gasteiger partial charge >= 0.3 is 6.18 Å². The van der Waals surface area contributed by atoms with Gasteiger partial charge in [-0.05, 0) is 54.3 Å². The van der Waals surface area contributed by atoms with Gasteiger partial charge in [0.25, 0.3) is 5.91 Å². The van der Waals surface area contributed by atoms with Crippen LogP contribution >= 0.6 is 24.0 Å². The number of benzene rings is 2. The lowest BCUT2D eigenvalue weighted by Gasteiger charge is -2.31. The molecule has 0 unspecified atom stereocenters. The number of halogens is 3. The first-order valence-electron chi connectivity index (χ1n) is 11.4. The van der Waals surface area contributed by atoms with Gasteiger partial charge in [-0.3, -0.25) is 9.59 Å². The molecule has 35 heavy (non-hydrogen) atoms. The number of carbonyl (C=O) groups excluding carboxylic acids is 2. The summed E-state index contributed by atoms with van der Waals surface area (Å²) in [5.41, 5.74) is 1.43. The van der Waals surface area contributed by atoms with Crippen molar-refractivity contribution in [3.8, 4) is 11.1 Å². The molecule has 3 aromatic rings. The molecule has 1 fully saturated rings. The van der Waals surface area contributed by atoms with Gasteiger partial charge in [-0.15, -0.1) is 11.3 Å². The molecule has 1 saturated heterocycles. The Hall–Kier alpha value is -2.65. The molecule has 0 bridgehead atoms. The molecular formula is C26H25F3N2O2S2. The molecule has 4 nitrogen and oxygen atoms in total. The van der Waals surface area contributed by atoms with Crippen LogP contribution in [-0.4, -0.2) is 40.4 Å². The summed E-state index contributed by atoms with van der Waals surface area (Å²) >= 11 is 5.64. The van der Waals surface area contributed by atoms with E-state index in [0.29, 0.717) is 47.6 Å². The first kappa shape index (κ1) is 25.4. The molecule has 1 amide bonds. The molecule has 184 valence electrons. The minimum absolute atomic E-state index is 0.0361. The quantitative estimate of drug-likeness (QED) is 0.278. The topological polar surface area (TPSA) is 50.3 Å². The molecule has 0 N–H and O–H groups in total. The SMILES string of the molecule is O=C(CCCS)c1csc(C2CCN(C(=O)c3ccccc3-c3ccc(C(F)(F)F)cc3)CC2)n1. The standard InChI is InChI=1S/C26H25F3N2O2S2/c27-26(28,29)19-9-7-17(8-10-19)20-4-1-2-5-21(20)25(33)31-13-11-18(12-14-31)24-30-22(16-35-24)23(32)6-3-15-34/h1-2,4-5,7-10,16,18,34H,3,6,11-15H2. The van der Waals surface area contributed by atoms with Crippen LogP contribution in [0.3, 0.4) is 0 Å². The molecule has 9 heteroatoms. The van der Waals surface area contributed by atoms with Crippen molar-refractivity contribution in [3.05, 3.63) is 75.7 Å². The maximum absolute atomic E-state index is 13.3. The predicted molar refractivity (Wildman–Crippen MR) is 134 cm³/mol. The summed E-state index contributed by atoms with van der Waals surface area (Å²) in [6.07, 6.45) is -1.75. The van der Waals surface area contributed by atoms with Crippen molar-refractivity contribution < 1.29 is 22.8 Å². The molecule has 1 aliphatic heterocycles. The van der Waals surface area contributed by atoms with Gasteiger partial charge in [0, 0.05) is 36.4 Å². The van der Waals surface area contributed by atoms with Crippen LogP contribution < -0.4 is 0 Å². The molecule has 0 atom stereocenters.